The molecule has 0 bridgehead atoms. The first kappa shape index (κ1) is 10.2. The van der Waals surface area contributed by atoms with Crippen LogP contribution in [0, 0.1) is 5.92 Å². The summed E-state index contributed by atoms with van der Waals surface area (Å²) in [6.07, 6.45) is 0. The van der Waals surface area contributed by atoms with E-state index < -0.39 is 0 Å². The molecule has 0 aromatic carbocycles. The van der Waals surface area contributed by atoms with Gasteiger partial charge in [-0.1, -0.05) is 12.1 Å². The Balaban J connectivity index is 3.27. The van der Waals surface area contributed by atoms with Gasteiger partial charge in [0.1, 0.15) is 0 Å². The van der Waals surface area contributed by atoms with Crippen LogP contribution in [-0.2, 0) is 0 Å². The number of nitrogens with two attached hydrogens (primary N) is 1. The van der Waals surface area contributed by atoms with Crippen molar-refractivity contribution >= 4 is 5.84 Å². The van der Waals surface area contributed by atoms with Crippen molar-refractivity contribution < 1.29 is 10.3 Å². The summed E-state index contributed by atoms with van der Waals surface area (Å²) in [5.41, 5.74) is 5.18. The van der Waals surface area contributed by atoms with Crippen LogP contribution in [0.15, 0.2) is 5.16 Å². The average molecular weight is 161 g/mol. The number of rotatable bonds is 5. The SMILES string of the molecule is CC(CO)CNCC(N)=NO. The van der Waals surface area contributed by atoms with Crippen LogP contribution in [0.5, 0.6) is 0 Å². The maximum atomic E-state index is 8.61. The third-order valence-corrected chi connectivity index (χ3v) is 1.24. The second-order valence-corrected chi connectivity index (χ2v) is 2.51. The van der Waals surface area contributed by atoms with E-state index in [-0.39, 0.29) is 18.4 Å². The van der Waals surface area contributed by atoms with Crippen molar-refractivity contribution in [1.29, 1.82) is 0 Å². The molecule has 0 saturated carbocycles. The summed E-state index contributed by atoms with van der Waals surface area (Å²) in [4.78, 5) is 0. The van der Waals surface area contributed by atoms with Gasteiger partial charge in [0.25, 0.3) is 0 Å². The lowest BCUT2D eigenvalue weighted by molar-refractivity contribution is 0.235. The predicted molar refractivity (Wildman–Crippen MR) is 42.5 cm³/mol. The summed E-state index contributed by atoms with van der Waals surface area (Å²) in [6, 6.07) is 0. The quantitative estimate of drug-likeness (QED) is 0.179. The van der Waals surface area contributed by atoms with Gasteiger partial charge in [-0.05, 0) is 5.92 Å². The maximum Gasteiger partial charge on any atom is 0.153 e. The Labute approximate surface area is 65.9 Å². The lowest BCUT2D eigenvalue weighted by atomic mass is 10.2. The predicted octanol–water partition coefficient (Wildman–Crippen LogP) is -1.05. The van der Waals surface area contributed by atoms with Crippen molar-refractivity contribution in [2.24, 2.45) is 16.8 Å². The van der Waals surface area contributed by atoms with Crippen molar-refractivity contribution in [3.8, 4) is 0 Å². The molecule has 5 N–H and O–H groups in total. The topological polar surface area (TPSA) is 90.9 Å². The molecule has 0 aliphatic rings. The molecule has 0 fully saturated rings. The van der Waals surface area contributed by atoms with Crippen LogP contribution in [0.25, 0.3) is 0 Å². The fourth-order valence-electron chi connectivity index (χ4n) is 0.547. The highest BCUT2D eigenvalue weighted by molar-refractivity contribution is 5.81. The summed E-state index contributed by atoms with van der Waals surface area (Å²) in [6.45, 7) is 3.05. The minimum Gasteiger partial charge on any atom is -0.409 e. The molecule has 1 atom stereocenters. The smallest absolute Gasteiger partial charge is 0.153 e. The van der Waals surface area contributed by atoms with E-state index in [1.54, 1.807) is 0 Å². The van der Waals surface area contributed by atoms with Crippen LogP contribution in [0.1, 0.15) is 6.92 Å². The van der Waals surface area contributed by atoms with E-state index in [2.05, 4.69) is 10.5 Å². The largest absolute Gasteiger partial charge is 0.409 e. The summed E-state index contributed by atoms with van der Waals surface area (Å²) < 4.78 is 0. The number of nitrogens with one attached hydrogen (secondary N) is 1. The van der Waals surface area contributed by atoms with E-state index in [9.17, 15) is 0 Å². The first-order chi connectivity index (χ1) is 5.20. The van der Waals surface area contributed by atoms with Gasteiger partial charge in [0.2, 0.25) is 0 Å². The number of hydrogen-bond acceptors (Lipinski definition) is 4. The highest BCUT2D eigenvalue weighted by atomic mass is 16.4. The van der Waals surface area contributed by atoms with Crippen molar-refractivity contribution in [2.75, 3.05) is 19.7 Å². The average Bonchev–Trinajstić information content (AvgIpc) is 2.04. The van der Waals surface area contributed by atoms with Crippen LogP contribution in [-0.4, -0.2) is 35.8 Å². The minimum atomic E-state index is 0.142. The Morgan fingerprint density at radius 2 is 2.36 bits per heavy atom. The van der Waals surface area contributed by atoms with Crippen LogP contribution < -0.4 is 11.1 Å². The second-order valence-electron chi connectivity index (χ2n) is 2.51. The molecule has 11 heavy (non-hydrogen) atoms. The van der Waals surface area contributed by atoms with Gasteiger partial charge in [-0.3, -0.25) is 0 Å². The maximum absolute atomic E-state index is 8.61. The van der Waals surface area contributed by atoms with Gasteiger partial charge in [0.15, 0.2) is 5.84 Å². The number of aliphatic hydroxyl groups is 1. The Hall–Kier alpha value is -0.810. The molecule has 0 heterocycles. The van der Waals surface area contributed by atoms with Gasteiger partial charge in [0, 0.05) is 13.2 Å². The van der Waals surface area contributed by atoms with Crippen LogP contribution in [0.3, 0.4) is 0 Å². The number of oxime groups is 1. The molecule has 0 rings (SSSR count). The Morgan fingerprint density at radius 3 is 2.82 bits per heavy atom. The molecule has 0 aromatic rings. The molecule has 66 valence electrons. The fraction of sp³-hybridized carbons (Fsp3) is 0.833. The molecule has 0 saturated heterocycles. The molecule has 1 unspecified atom stereocenters. The number of aliphatic hydroxyl groups excluding tert-OH is 1. The first-order valence-electron chi connectivity index (χ1n) is 3.48. The lowest BCUT2D eigenvalue weighted by Gasteiger charge is -2.07. The van der Waals surface area contributed by atoms with E-state index in [1.165, 1.54) is 0 Å². The minimum absolute atomic E-state index is 0.142. The zero-order valence-electron chi connectivity index (χ0n) is 6.62. The van der Waals surface area contributed by atoms with Crippen LogP contribution >= 0.6 is 0 Å². The number of hydrogen-bond donors (Lipinski definition) is 4. The van der Waals surface area contributed by atoms with Gasteiger partial charge in [-0.2, -0.15) is 0 Å². The highest BCUT2D eigenvalue weighted by Gasteiger charge is 1.98. The van der Waals surface area contributed by atoms with Gasteiger partial charge < -0.3 is 21.4 Å². The van der Waals surface area contributed by atoms with Crippen LogP contribution in [0.4, 0.5) is 0 Å². The summed E-state index contributed by atoms with van der Waals surface area (Å²) >= 11 is 0. The van der Waals surface area contributed by atoms with Gasteiger partial charge in [0.05, 0.1) is 6.54 Å². The lowest BCUT2D eigenvalue weighted by Crippen LogP contribution is -2.32. The molecule has 5 heteroatoms. The monoisotopic (exact) mass is 161 g/mol. The van der Waals surface area contributed by atoms with Crippen molar-refractivity contribution in [2.45, 2.75) is 6.92 Å². The third-order valence-electron chi connectivity index (χ3n) is 1.24. The Bertz CT molecular complexity index is 127. The molecule has 5 nitrogen and oxygen atoms in total. The molecular weight excluding hydrogens is 146 g/mol. The van der Waals surface area contributed by atoms with Crippen LogP contribution in [0.2, 0.25) is 0 Å². The van der Waals surface area contributed by atoms with Gasteiger partial charge >= 0.3 is 0 Å². The molecular formula is C6H15N3O2. The zero-order valence-corrected chi connectivity index (χ0v) is 6.62. The van der Waals surface area contributed by atoms with Crippen molar-refractivity contribution in [3.05, 3.63) is 0 Å². The van der Waals surface area contributed by atoms with Crippen molar-refractivity contribution in [3.63, 3.8) is 0 Å². The van der Waals surface area contributed by atoms with Crippen molar-refractivity contribution in [1.82, 2.24) is 5.32 Å². The third kappa shape index (κ3) is 5.63. The van der Waals surface area contributed by atoms with E-state index in [1.807, 2.05) is 6.92 Å². The van der Waals surface area contributed by atoms with E-state index in [4.69, 9.17) is 16.0 Å². The van der Waals surface area contributed by atoms with Gasteiger partial charge in [-0.25, -0.2) is 0 Å². The van der Waals surface area contributed by atoms with E-state index >= 15 is 0 Å². The van der Waals surface area contributed by atoms with E-state index in [0.29, 0.717) is 13.1 Å². The molecule has 0 radical (unpaired) electrons. The number of nitrogens with zero attached hydrogens (tertiary/aromatic N) is 1. The normalized spacial score (nSPS) is 14.9. The molecule has 0 amide bonds. The first-order valence-corrected chi connectivity index (χ1v) is 3.48. The Morgan fingerprint density at radius 1 is 1.73 bits per heavy atom. The standard InChI is InChI=1S/C6H15N3O2/c1-5(4-10)2-8-3-6(7)9-11/h5,8,10-11H,2-4H2,1H3,(H2,7,9). The van der Waals surface area contributed by atoms with E-state index in [0.717, 1.165) is 0 Å². The molecule has 0 aromatic heterocycles. The summed E-state index contributed by atoms with van der Waals surface area (Å²) in [7, 11) is 0. The fourth-order valence-corrected chi connectivity index (χ4v) is 0.547. The summed E-state index contributed by atoms with van der Waals surface area (Å²) in [5, 5.41) is 22.4. The molecule has 0 aliphatic heterocycles. The molecule has 0 aliphatic carbocycles. The zero-order chi connectivity index (χ0) is 8.69. The molecule has 0 spiro atoms. The number of amidine groups is 1. The Kier molecular flexibility index (Phi) is 5.50. The second kappa shape index (κ2) is 5.94. The van der Waals surface area contributed by atoms with Gasteiger partial charge in [-0.15, -0.1) is 0 Å². The highest BCUT2D eigenvalue weighted by Crippen LogP contribution is 1.87. The summed E-state index contributed by atoms with van der Waals surface area (Å²) in [5.74, 6) is 0.344.